The van der Waals surface area contributed by atoms with Crippen LogP contribution in [-0.2, 0) is 13.0 Å². The molecule has 0 saturated carbocycles. The Kier molecular flexibility index (Phi) is 2.99. The van der Waals surface area contributed by atoms with Gasteiger partial charge in [-0.1, -0.05) is 12.1 Å². The van der Waals surface area contributed by atoms with Crippen molar-refractivity contribution in [2.24, 2.45) is 0 Å². The van der Waals surface area contributed by atoms with Crippen LogP contribution < -0.4 is 0 Å². The zero-order chi connectivity index (χ0) is 10.7. The summed E-state index contributed by atoms with van der Waals surface area (Å²) in [5.41, 5.74) is 1.82. The lowest BCUT2D eigenvalue weighted by atomic mass is 10.1. The van der Waals surface area contributed by atoms with E-state index in [1.165, 1.54) is 11.3 Å². The molecule has 1 heterocycles. The first kappa shape index (κ1) is 10.1. The lowest BCUT2D eigenvalue weighted by Crippen LogP contribution is -1.88. The fourth-order valence-electron chi connectivity index (χ4n) is 1.29. The molecule has 78 valence electrons. The molecule has 0 amide bonds. The number of aliphatic hydroxyl groups is 1. The number of aromatic hydroxyl groups is 1. The second-order valence-corrected chi connectivity index (χ2v) is 4.18. The maximum absolute atomic E-state index is 9.12. The van der Waals surface area contributed by atoms with Crippen LogP contribution in [0.5, 0.6) is 5.75 Å². The Balaban J connectivity index is 2.11. The van der Waals surface area contributed by atoms with E-state index in [0.29, 0.717) is 5.69 Å². The average molecular weight is 221 g/mol. The third kappa shape index (κ3) is 2.55. The Morgan fingerprint density at radius 2 is 1.93 bits per heavy atom. The summed E-state index contributed by atoms with van der Waals surface area (Å²) in [6.07, 6.45) is 0.741. The summed E-state index contributed by atoms with van der Waals surface area (Å²) in [7, 11) is 0. The molecule has 1 aromatic carbocycles. The second-order valence-electron chi connectivity index (χ2n) is 3.23. The Morgan fingerprint density at radius 3 is 2.53 bits per heavy atom. The second kappa shape index (κ2) is 4.42. The molecule has 0 aliphatic rings. The van der Waals surface area contributed by atoms with Crippen molar-refractivity contribution in [1.82, 2.24) is 4.98 Å². The van der Waals surface area contributed by atoms with Crippen molar-refractivity contribution >= 4 is 11.3 Å². The third-order valence-corrected chi connectivity index (χ3v) is 2.95. The van der Waals surface area contributed by atoms with Crippen LogP contribution in [0.25, 0.3) is 0 Å². The molecule has 0 aliphatic carbocycles. The van der Waals surface area contributed by atoms with Crippen molar-refractivity contribution < 1.29 is 10.2 Å². The molecule has 0 saturated heterocycles. The molecule has 0 radical (unpaired) electrons. The smallest absolute Gasteiger partial charge is 0.115 e. The van der Waals surface area contributed by atoms with E-state index in [1.54, 1.807) is 12.1 Å². The lowest BCUT2D eigenvalue weighted by molar-refractivity contribution is 0.277. The van der Waals surface area contributed by atoms with Crippen molar-refractivity contribution in [1.29, 1.82) is 0 Å². The van der Waals surface area contributed by atoms with E-state index < -0.39 is 0 Å². The van der Waals surface area contributed by atoms with Gasteiger partial charge < -0.3 is 10.2 Å². The van der Waals surface area contributed by atoms with Gasteiger partial charge in [-0.15, -0.1) is 11.3 Å². The zero-order valence-electron chi connectivity index (χ0n) is 8.05. The van der Waals surface area contributed by atoms with Crippen molar-refractivity contribution in [3.8, 4) is 5.75 Å². The summed E-state index contributed by atoms with van der Waals surface area (Å²) >= 11 is 1.54. The minimum atomic E-state index is -0.00786. The number of thiazole rings is 1. The van der Waals surface area contributed by atoms with Gasteiger partial charge in [0.25, 0.3) is 0 Å². The highest BCUT2D eigenvalue weighted by molar-refractivity contribution is 7.09. The minimum Gasteiger partial charge on any atom is -0.508 e. The number of nitrogens with zero attached hydrogens (tertiary/aromatic N) is 1. The van der Waals surface area contributed by atoms with E-state index in [4.69, 9.17) is 10.2 Å². The van der Waals surface area contributed by atoms with Gasteiger partial charge in [0.2, 0.25) is 0 Å². The molecular formula is C11H11NO2S. The van der Waals surface area contributed by atoms with Gasteiger partial charge in [0, 0.05) is 11.8 Å². The Labute approximate surface area is 91.7 Å². The molecule has 0 fully saturated rings. The maximum atomic E-state index is 9.12. The van der Waals surface area contributed by atoms with E-state index in [9.17, 15) is 0 Å². The summed E-state index contributed by atoms with van der Waals surface area (Å²) in [4.78, 5) is 4.25. The van der Waals surface area contributed by atoms with Crippen molar-refractivity contribution in [3.63, 3.8) is 0 Å². The van der Waals surface area contributed by atoms with E-state index in [0.717, 1.165) is 17.0 Å². The van der Waals surface area contributed by atoms with E-state index in [-0.39, 0.29) is 12.4 Å². The highest BCUT2D eigenvalue weighted by atomic mass is 32.1. The average Bonchev–Trinajstić information content (AvgIpc) is 2.69. The zero-order valence-corrected chi connectivity index (χ0v) is 8.87. The number of aliphatic hydroxyl groups excluding tert-OH is 1. The van der Waals surface area contributed by atoms with Crippen LogP contribution in [0.4, 0.5) is 0 Å². The van der Waals surface area contributed by atoms with Crippen molar-refractivity contribution in [3.05, 3.63) is 45.9 Å². The molecule has 2 rings (SSSR count). The Bertz CT molecular complexity index is 436. The third-order valence-electron chi connectivity index (χ3n) is 2.05. The lowest BCUT2D eigenvalue weighted by Gasteiger charge is -1.97. The van der Waals surface area contributed by atoms with Gasteiger partial charge in [-0.2, -0.15) is 0 Å². The van der Waals surface area contributed by atoms with Crippen LogP contribution in [0, 0.1) is 0 Å². The van der Waals surface area contributed by atoms with E-state index in [2.05, 4.69) is 4.98 Å². The first-order valence-electron chi connectivity index (χ1n) is 4.60. The fraction of sp³-hybridized carbons (Fsp3) is 0.182. The molecule has 2 N–H and O–H groups in total. The van der Waals surface area contributed by atoms with Gasteiger partial charge in [0.15, 0.2) is 0 Å². The summed E-state index contributed by atoms with van der Waals surface area (Å²) in [5.74, 6) is 0.272. The van der Waals surface area contributed by atoms with Gasteiger partial charge in [0.1, 0.15) is 5.75 Å². The van der Waals surface area contributed by atoms with Crippen LogP contribution >= 0.6 is 11.3 Å². The minimum absolute atomic E-state index is 0.00786. The summed E-state index contributed by atoms with van der Waals surface area (Å²) in [6, 6.07) is 7.07. The number of rotatable bonds is 3. The first-order chi connectivity index (χ1) is 7.28. The largest absolute Gasteiger partial charge is 0.508 e. The molecule has 0 bridgehead atoms. The molecule has 3 nitrogen and oxygen atoms in total. The molecule has 0 unspecified atom stereocenters. The van der Waals surface area contributed by atoms with Gasteiger partial charge in [0.05, 0.1) is 17.3 Å². The molecular weight excluding hydrogens is 210 g/mol. The molecule has 0 atom stereocenters. The summed E-state index contributed by atoms with van der Waals surface area (Å²) in [5, 5.41) is 20.8. The van der Waals surface area contributed by atoms with Gasteiger partial charge >= 0.3 is 0 Å². The Hall–Kier alpha value is -1.39. The normalized spacial score (nSPS) is 10.5. The van der Waals surface area contributed by atoms with Crippen LogP contribution in [-0.4, -0.2) is 15.2 Å². The Morgan fingerprint density at radius 1 is 1.20 bits per heavy atom. The predicted molar refractivity (Wildman–Crippen MR) is 58.9 cm³/mol. The highest BCUT2D eigenvalue weighted by Crippen LogP contribution is 2.16. The van der Waals surface area contributed by atoms with Gasteiger partial charge in [-0.25, -0.2) is 4.98 Å². The maximum Gasteiger partial charge on any atom is 0.115 e. The van der Waals surface area contributed by atoms with Crippen LogP contribution in [0.2, 0.25) is 0 Å². The summed E-state index contributed by atoms with van der Waals surface area (Å²) in [6.45, 7) is -0.00786. The molecule has 2 aromatic rings. The van der Waals surface area contributed by atoms with Crippen LogP contribution in [0.3, 0.4) is 0 Å². The molecule has 4 heteroatoms. The number of hydrogen-bond donors (Lipinski definition) is 2. The van der Waals surface area contributed by atoms with Crippen LogP contribution in [0.15, 0.2) is 29.6 Å². The van der Waals surface area contributed by atoms with Crippen molar-refractivity contribution in [2.45, 2.75) is 13.0 Å². The quantitative estimate of drug-likeness (QED) is 0.832. The highest BCUT2D eigenvalue weighted by Gasteiger charge is 2.02. The topological polar surface area (TPSA) is 53.4 Å². The molecule has 0 spiro atoms. The number of phenols is 1. The predicted octanol–water partition coefficient (Wildman–Crippen LogP) is 1.93. The molecule has 1 aromatic heterocycles. The van der Waals surface area contributed by atoms with Crippen LogP contribution in [0.1, 0.15) is 16.3 Å². The van der Waals surface area contributed by atoms with Crippen molar-refractivity contribution in [2.75, 3.05) is 0 Å². The SMILES string of the molecule is OCc1csc(Cc2ccc(O)cc2)n1. The number of aromatic nitrogens is 1. The van der Waals surface area contributed by atoms with E-state index >= 15 is 0 Å². The molecule has 0 aliphatic heterocycles. The number of benzene rings is 1. The monoisotopic (exact) mass is 221 g/mol. The standard InChI is InChI=1S/C11H11NO2S/c13-6-9-7-15-11(12-9)5-8-1-3-10(14)4-2-8/h1-4,7,13-14H,5-6H2. The number of hydrogen-bond acceptors (Lipinski definition) is 4. The van der Waals surface area contributed by atoms with Gasteiger partial charge in [-0.05, 0) is 17.7 Å². The molecule has 15 heavy (non-hydrogen) atoms. The first-order valence-corrected chi connectivity index (χ1v) is 5.48. The fourth-order valence-corrected chi connectivity index (χ4v) is 2.11. The summed E-state index contributed by atoms with van der Waals surface area (Å²) < 4.78 is 0. The number of phenolic OH excluding ortho intramolecular Hbond substituents is 1. The van der Waals surface area contributed by atoms with Gasteiger partial charge in [-0.3, -0.25) is 0 Å². The van der Waals surface area contributed by atoms with E-state index in [1.807, 2.05) is 17.5 Å².